The third-order valence-corrected chi connectivity index (χ3v) is 5.06. The fourth-order valence-corrected chi connectivity index (χ4v) is 3.42. The van der Waals surface area contributed by atoms with E-state index in [1.54, 1.807) is 16.7 Å². The van der Waals surface area contributed by atoms with Gasteiger partial charge in [-0.3, -0.25) is 14.5 Å². The summed E-state index contributed by atoms with van der Waals surface area (Å²) in [6.45, 7) is 12.8. The van der Waals surface area contributed by atoms with Gasteiger partial charge in [0.05, 0.1) is 0 Å². The molecule has 2 saturated heterocycles. The molecule has 1 N–H and O–H groups in total. The second-order valence-corrected chi connectivity index (χ2v) is 8.38. The van der Waals surface area contributed by atoms with E-state index < -0.39 is 5.60 Å². The lowest BCUT2D eigenvalue weighted by atomic mass is 9.96. The van der Waals surface area contributed by atoms with Crippen LogP contribution in [0.1, 0.15) is 40.5 Å². The van der Waals surface area contributed by atoms with Crippen molar-refractivity contribution >= 4 is 17.9 Å². The molecule has 2 aliphatic heterocycles. The molecule has 0 aromatic heterocycles. The molecule has 0 radical (unpaired) electrons. The Morgan fingerprint density at radius 2 is 1.56 bits per heavy atom. The number of piperidine rings is 1. The summed E-state index contributed by atoms with van der Waals surface area (Å²) >= 11 is 0. The maximum Gasteiger partial charge on any atom is 0.410 e. The molecule has 27 heavy (non-hydrogen) atoms. The monoisotopic (exact) mass is 382 g/mol. The van der Waals surface area contributed by atoms with Crippen LogP contribution >= 0.6 is 0 Å². The van der Waals surface area contributed by atoms with E-state index >= 15 is 0 Å². The first kappa shape index (κ1) is 21.5. The van der Waals surface area contributed by atoms with Gasteiger partial charge in [0.15, 0.2) is 0 Å². The first-order valence-electron chi connectivity index (χ1n) is 9.89. The summed E-state index contributed by atoms with van der Waals surface area (Å²) in [4.78, 5) is 41.5. The Kier molecular flexibility index (Phi) is 7.47. The van der Waals surface area contributed by atoms with E-state index in [-0.39, 0.29) is 23.8 Å². The van der Waals surface area contributed by atoms with Gasteiger partial charge in [0, 0.05) is 65.2 Å². The van der Waals surface area contributed by atoms with Crippen LogP contribution in [0.15, 0.2) is 0 Å². The number of ether oxygens (including phenoxy) is 1. The molecular formula is C19H34N4O4. The highest BCUT2D eigenvalue weighted by Crippen LogP contribution is 2.17. The lowest BCUT2D eigenvalue weighted by Gasteiger charge is -2.35. The van der Waals surface area contributed by atoms with E-state index in [2.05, 4.69) is 10.2 Å². The van der Waals surface area contributed by atoms with Crippen molar-refractivity contribution < 1.29 is 19.1 Å². The number of likely N-dealkylation sites (tertiary alicyclic amines) is 1. The fraction of sp³-hybridized carbons (Fsp3) is 0.842. The molecule has 154 valence electrons. The van der Waals surface area contributed by atoms with Gasteiger partial charge in [0.25, 0.3) is 0 Å². The van der Waals surface area contributed by atoms with Crippen LogP contribution in [-0.4, -0.2) is 90.6 Å². The Balaban J connectivity index is 1.61. The molecule has 0 aromatic rings. The van der Waals surface area contributed by atoms with E-state index in [0.717, 1.165) is 32.5 Å². The summed E-state index contributed by atoms with van der Waals surface area (Å²) in [5.41, 5.74) is -0.473. The van der Waals surface area contributed by atoms with E-state index in [4.69, 9.17) is 4.74 Å². The minimum atomic E-state index is -0.473. The second kappa shape index (κ2) is 9.39. The summed E-state index contributed by atoms with van der Waals surface area (Å²) < 4.78 is 5.40. The lowest BCUT2D eigenvalue weighted by molar-refractivity contribution is -0.133. The zero-order valence-corrected chi connectivity index (χ0v) is 17.1. The van der Waals surface area contributed by atoms with Crippen molar-refractivity contribution in [3.8, 4) is 0 Å². The van der Waals surface area contributed by atoms with Crippen LogP contribution in [0.4, 0.5) is 4.79 Å². The van der Waals surface area contributed by atoms with Crippen LogP contribution in [0.3, 0.4) is 0 Å². The molecule has 0 atom stereocenters. The number of hydrogen-bond acceptors (Lipinski definition) is 5. The Labute approximate surface area is 162 Å². The van der Waals surface area contributed by atoms with Crippen LogP contribution in [0.2, 0.25) is 0 Å². The van der Waals surface area contributed by atoms with Gasteiger partial charge in [-0.2, -0.15) is 0 Å². The van der Waals surface area contributed by atoms with E-state index in [9.17, 15) is 14.4 Å². The molecule has 2 aliphatic rings. The molecule has 0 spiro atoms. The molecule has 2 heterocycles. The fourth-order valence-electron chi connectivity index (χ4n) is 3.42. The second-order valence-electron chi connectivity index (χ2n) is 8.38. The van der Waals surface area contributed by atoms with Crippen molar-refractivity contribution in [3.63, 3.8) is 0 Å². The average Bonchev–Trinajstić information content (AvgIpc) is 2.60. The van der Waals surface area contributed by atoms with Crippen molar-refractivity contribution in [3.05, 3.63) is 0 Å². The maximum absolute atomic E-state index is 12.3. The number of hydrogen-bond donors (Lipinski definition) is 1. The zero-order chi connectivity index (χ0) is 20.0. The van der Waals surface area contributed by atoms with Gasteiger partial charge in [0.2, 0.25) is 11.8 Å². The molecule has 2 rings (SSSR count). The highest BCUT2D eigenvalue weighted by Gasteiger charge is 2.27. The number of piperazine rings is 1. The average molecular weight is 383 g/mol. The minimum absolute atomic E-state index is 0.00427. The molecule has 3 amide bonds. The van der Waals surface area contributed by atoms with Crippen molar-refractivity contribution in [2.75, 3.05) is 52.4 Å². The Hall–Kier alpha value is -1.83. The minimum Gasteiger partial charge on any atom is -0.444 e. The number of carbonyl (C=O) groups excluding carboxylic acids is 3. The number of carbonyl (C=O) groups is 3. The van der Waals surface area contributed by atoms with E-state index in [1.807, 2.05) is 20.8 Å². The van der Waals surface area contributed by atoms with Crippen LogP contribution in [0.5, 0.6) is 0 Å². The summed E-state index contributed by atoms with van der Waals surface area (Å²) in [6, 6.07) is 0. The standard InChI is InChI=1S/C19H34N4O4/c1-15(24)22-8-5-16(6-9-22)17(25)20-7-10-21-11-13-23(14-12-21)18(26)27-19(2,3)4/h16H,5-14H2,1-4H3,(H,20,25). The molecule has 2 fully saturated rings. The molecule has 0 bridgehead atoms. The van der Waals surface area contributed by atoms with Crippen LogP contribution in [0, 0.1) is 5.92 Å². The molecule has 0 unspecified atom stereocenters. The third kappa shape index (κ3) is 7.01. The quantitative estimate of drug-likeness (QED) is 0.782. The number of amides is 3. The van der Waals surface area contributed by atoms with E-state index in [1.165, 1.54) is 0 Å². The molecule has 0 saturated carbocycles. The van der Waals surface area contributed by atoms with Gasteiger partial charge in [-0.05, 0) is 33.6 Å². The molecule has 0 aromatic carbocycles. The normalized spacial score (nSPS) is 19.7. The van der Waals surface area contributed by atoms with Gasteiger partial charge in [-0.1, -0.05) is 0 Å². The smallest absolute Gasteiger partial charge is 0.410 e. The first-order valence-corrected chi connectivity index (χ1v) is 9.89. The van der Waals surface area contributed by atoms with Crippen molar-refractivity contribution in [1.29, 1.82) is 0 Å². The maximum atomic E-state index is 12.3. The Morgan fingerprint density at radius 1 is 0.963 bits per heavy atom. The lowest BCUT2D eigenvalue weighted by Crippen LogP contribution is -2.51. The van der Waals surface area contributed by atoms with Crippen LogP contribution < -0.4 is 5.32 Å². The Morgan fingerprint density at radius 3 is 2.07 bits per heavy atom. The number of rotatable bonds is 4. The Bertz CT molecular complexity index is 530. The number of nitrogens with zero attached hydrogens (tertiary/aromatic N) is 3. The molecular weight excluding hydrogens is 348 g/mol. The molecule has 0 aliphatic carbocycles. The van der Waals surface area contributed by atoms with Crippen LogP contribution in [-0.2, 0) is 14.3 Å². The summed E-state index contributed by atoms with van der Waals surface area (Å²) in [5, 5.41) is 3.02. The van der Waals surface area contributed by atoms with Gasteiger partial charge in [-0.15, -0.1) is 0 Å². The highest BCUT2D eigenvalue weighted by atomic mass is 16.6. The predicted molar refractivity (Wildman–Crippen MR) is 102 cm³/mol. The van der Waals surface area contributed by atoms with Crippen molar-refractivity contribution in [1.82, 2.24) is 20.0 Å². The zero-order valence-electron chi connectivity index (χ0n) is 17.1. The number of nitrogens with one attached hydrogen (secondary N) is 1. The summed E-state index contributed by atoms with van der Waals surface area (Å²) in [5.74, 6) is 0.176. The van der Waals surface area contributed by atoms with Gasteiger partial charge < -0.3 is 19.9 Å². The van der Waals surface area contributed by atoms with Gasteiger partial charge >= 0.3 is 6.09 Å². The molecule has 8 nitrogen and oxygen atoms in total. The highest BCUT2D eigenvalue weighted by molar-refractivity contribution is 5.79. The van der Waals surface area contributed by atoms with E-state index in [0.29, 0.717) is 32.7 Å². The third-order valence-electron chi connectivity index (χ3n) is 5.06. The van der Waals surface area contributed by atoms with Crippen molar-refractivity contribution in [2.24, 2.45) is 5.92 Å². The first-order chi connectivity index (χ1) is 12.7. The topological polar surface area (TPSA) is 82.2 Å². The van der Waals surface area contributed by atoms with Gasteiger partial charge in [-0.25, -0.2) is 4.79 Å². The van der Waals surface area contributed by atoms with Crippen LogP contribution in [0.25, 0.3) is 0 Å². The SMILES string of the molecule is CC(=O)N1CCC(C(=O)NCCN2CCN(C(=O)OC(C)(C)C)CC2)CC1. The summed E-state index contributed by atoms with van der Waals surface area (Å²) in [6.07, 6.45) is 1.22. The largest absolute Gasteiger partial charge is 0.444 e. The van der Waals surface area contributed by atoms with Gasteiger partial charge in [0.1, 0.15) is 5.60 Å². The molecule has 8 heteroatoms. The van der Waals surface area contributed by atoms with Crippen molar-refractivity contribution in [2.45, 2.75) is 46.1 Å². The summed E-state index contributed by atoms with van der Waals surface area (Å²) in [7, 11) is 0. The predicted octanol–water partition coefficient (Wildman–Crippen LogP) is 0.914.